The fourth-order valence-electron chi connectivity index (χ4n) is 2.00. The van der Waals surface area contributed by atoms with Crippen LogP contribution in [0, 0.1) is 0 Å². The predicted molar refractivity (Wildman–Crippen MR) is 98.8 cm³/mol. The topological polar surface area (TPSA) is 59.6 Å². The second-order valence-electron chi connectivity index (χ2n) is 4.85. The zero-order valence-corrected chi connectivity index (χ0v) is 14.8. The molecule has 7 heteroatoms. The molecule has 0 heterocycles. The molecule has 0 aliphatic rings. The Morgan fingerprint density at radius 1 is 1.21 bits per heavy atom. The van der Waals surface area contributed by atoms with Gasteiger partial charge in [-0.2, -0.15) is 0 Å². The van der Waals surface area contributed by atoms with Gasteiger partial charge >= 0.3 is 5.97 Å². The van der Waals surface area contributed by atoms with Crippen LogP contribution in [0.25, 0.3) is 0 Å². The number of ether oxygens (including phenoxy) is 2. The summed E-state index contributed by atoms with van der Waals surface area (Å²) in [6.45, 7) is 0.525. The van der Waals surface area contributed by atoms with Crippen LogP contribution in [0.2, 0.25) is 5.02 Å². The number of halogens is 1. The van der Waals surface area contributed by atoms with E-state index in [0.29, 0.717) is 27.9 Å². The summed E-state index contributed by atoms with van der Waals surface area (Å²) in [4.78, 5) is 11.6. The molecular formula is C17H17ClN2O3S. The highest BCUT2D eigenvalue weighted by atomic mass is 35.5. The van der Waals surface area contributed by atoms with Crippen molar-refractivity contribution < 1.29 is 14.3 Å². The number of hydrogen-bond donors (Lipinski definition) is 2. The average Bonchev–Trinajstić information content (AvgIpc) is 2.61. The molecule has 24 heavy (non-hydrogen) atoms. The van der Waals surface area contributed by atoms with Gasteiger partial charge in [-0.05, 0) is 48.1 Å². The number of rotatable bonds is 5. The minimum Gasteiger partial charge on any atom is -0.497 e. The lowest BCUT2D eigenvalue weighted by molar-refractivity contribution is 0.0601. The summed E-state index contributed by atoms with van der Waals surface area (Å²) in [7, 11) is 2.94. The van der Waals surface area contributed by atoms with Crippen LogP contribution in [-0.2, 0) is 11.3 Å². The van der Waals surface area contributed by atoms with Gasteiger partial charge in [0.1, 0.15) is 5.75 Å². The molecule has 0 spiro atoms. The summed E-state index contributed by atoms with van der Waals surface area (Å²) < 4.78 is 9.87. The summed E-state index contributed by atoms with van der Waals surface area (Å²) in [6, 6.07) is 12.4. The van der Waals surface area contributed by atoms with Gasteiger partial charge in [-0.15, -0.1) is 0 Å². The smallest absolute Gasteiger partial charge is 0.337 e. The fourth-order valence-corrected chi connectivity index (χ4v) is 2.34. The van der Waals surface area contributed by atoms with Gasteiger partial charge in [-0.25, -0.2) is 4.79 Å². The van der Waals surface area contributed by atoms with Crippen LogP contribution in [-0.4, -0.2) is 25.3 Å². The monoisotopic (exact) mass is 364 g/mol. The number of thiocarbonyl (C=S) groups is 1. The van der Waals surface area contributed by atoms with Crippen LogP contribution in [0.15, 0.2) is 42.5 Å². The highest BCUT2D eigenvalue weighted by molar-refractivity contribution is 7.80. The van der Waals surface area contributed by atoms with Gasteiger partial charge in [0.2, 0.25) is 0 Å². The largest absolute Gasteiger partial charge is 0.497 e. The summed E-state index contributed by atoms with van der Waals surface area (Å²) in [5.74, 6) is 0.340. The SMILES string of the molecule is COC(=O)c1ccc(Cl)c(NC(=S)NCc2cccc(OC)c2)c1. The highest BCUT2D eigenvalue weighted by Crippen LogP contribution is 2.23. The molecular weight excluding hydrogens is 348 g/mol. The lowest BCUT2D eigenvalue weighted by Crippen LogP contribution is -2.28. The average molecular weight is 365 g/mol. The number of hydrogen-bond acceptors (Lipinski definition) is 4. The second kappa shape index (κ2) is 8.52. The summed E-state index contributed by atoms with van der Waals surface area (Å²) in [6.07, 6.45) is 0. The number of methoxy groups -OCH3 is 2. The van der Waals surface area contributed by atoms with Gasteiger partial charge in [-0.3, -0.25) is 0 Å². The van der Waals surface area contributed by atoms with Gasteiger partial charge < -0.3 is 20.1 Å². The quantitative estimate of drug-likeness (QED) is 0.624. The van der Waals surface area contributed by atoms with E-state index in [-0.39, 0.29) is 0 Å². The molecule has 0 aromatic heterocycles. The Labute approximate surface area is 150 Å². The van der Waals surface area contributed by atoms with Gasteiger partial charge in [0, 0.05) is 6.54 Å². The molecule has 0 atom stereocenters. The Bertz CT molecular complexity index is 752. The molecule has 2 rings (SSSR count). The fraction of sp³-hybridized carbons (Fsp3) is 0.176. The molecule has 5 nitrogen and oxygen atoms in total. The van der Waals surface area contributed by atoms with Crippen molar-refractivity contribution in [2.24, 2.45) is 0 Å². The van der Waals surface area contributed by atoms with Crippen LogP contribution >= 0.6 is 23.8 Å². The van der Waals surface area contributed by atoms with Crippen molar-refractivity contribution >= 4 is 40.6 Å². The standard InChI is InChI=1S/C17H17ClN2O3S/c1-22-13-5-3-4-11(8-13)10-19-17(24)20-15-9-12(16(21)23-2)6-7-14(15)18/h3-9H,10H2,1-2H3,(H2,19,20,24). The number of nitrogens with one attached hydrogen (secondary N) is 2. The molecule has 0 fully saturated rings. The van der Waals surface area contributed by atoms with E-state index >= 15 is 0 Å². The van der Waals surface area contributed by atoms with Crippen LogP contribution in [0.1, 0.15) is 15.9 Å². The first-order valence-corrected chi connectivity index (χ1v) is 7.87. The Morgan fingerprint density at radius 3 is 2.71 bits per heavy atom. The molecule has 2 aromatic rings. The summed E-state index contributed by atoms with van der Waals surface area (Å²) in [5, 5.41) is 6.90. The predicted octanol–water partition coefficient (Wildman–Crippen LogP) is 3.62. The maximum absolute atomic E-state index is 11.6. The van der Waals surface area contributed by atoms with Crippen molar-refractivity contribution in [1.29, 1.82) is 0 Å². The van der Waals surface area contributed by atoms with E-state index < -0.39 is 5.97 Å². The first-order valence-electron chi connectivity index (χ1n) is 7.09. The molecule has 0 amide bonds. The normalized spacial score (nSPS) is 9.96. The minimum absolute atomic E-state index is 0.389. The number of carbonyl (C=O) groups excluding carboxylic acids is 1. The van der Waals surface area contributed by atoms with Gasteiger partial charge in [0.15, 0.2) is 5.11 Å². The third-order valence-corrected chi connectivity index (χ3v) is 3.80. The minimum atomic E-state index is -0.440. The Balaban J connectivity index is 2.00. The van der Waals surface area contributed by atoms with E-state index in [1.54, 1.807) is 25.3 Å². The third-order valence-electron chi connectivity index (χ3n) is 3.22. The lowest BCUT2D eigenvalue weighted by atomic mass is 10.2. The Hall–Kier alpha value is -2.31. The second-order valence-corrected chi connectivity index (χ2v) is 5.66. The first-order chi connectivity index (χ1) is 11.5. The maximum Gasteiger partial charge on any atom is 0.337 e. The van der Waals surface area contributed by atoms with Crippen LogP contribution in [0.4, 0.5) is 5.69 Å². The molecule has 2 N–H and O–H groups in total. The van der Waals surface area contributed by atoms with Crippen LogP contribution < -0.4 is 15.4 Å². The van der Waals surface area contributed by atoms with Gasteiger partial charge in [0.05, 0.1) is 30.5 Å². The zero-order valence-electron chi connectivity index (χ0n) is 13.3. The molecule has 2 aromatic carbocycles. The first kappa shape index (κ1) is 18.0. The summed E-state index contributed by atoms with van der Waals surface area (Å²) in [5.41, 5.74) is 1.94. The van der Waals surface area contributed by atoms with E-state index in [1.807, 2.05) is 24.3 Å². The van der Waals surface area contributed by atoms with Crippen LogP contribution in [0.3, 0.4) is 0 Å². The van der Waals surface area contributed by atoms with E-state index in [1.165, 1.54) is 7.11 Å². The molecule has 0 unspecified atom stereocenters. The zero-order chi connectivity index (χ0) is 17.5. The van der Waals surface area contributed by atoms with Crippen molar-refractivity contribution in [2.75, 3.05) is 19.5 Å². The summed E-state index contributed by atoms with van der Waals surface area (Å²) >= 11 is 11.4. The van der Waals surface area contributed by atoms with Crippen molar-refractivity contribution in [3.05, 3.63) is 58.6 Å². The molecule has 0 aliphatic heterocycles. The van der Waals surface area contributed by atoms with E-state index in [9.17, 15) is 4.79 Å². The van der Waals surface area contributed by atoms with Gasteiger partial charge in [0.25, 0.3) is 0 Å². The molecule has 126 valence electrons. The number of benzene rings is 2. The molecule has 0 bridgehead atoms. The molecule has 0 radical (unpaired) electrons. The lowest BCUT2D eigenvalue weighted by Gasteiger charge is -2.13. The molecule has 0 aliphatic carbocycles. The van der Waals surface area contributed by atoms with E-state index in [0.717, 1.165) is 11.3 Å². The number of carbonyl (C=O) groups is 1. The molecule has 0 saturated carbocycles. The maximum atomic E-state index is 11.6. The van der Waals surface area contributed by atoms with Gasteiger partial charge in [-0.1, -0.05) is 23.7 Å². The third kappa shape index (κ3) is 4.84. The number of esters is 1. The Kier molecular flexibility index (Phi) is 6.40. The molecule has 0 saturated heterocycles. The van der Waals surface area contributed by atoms with Crippen molar-refractivity contribution in [3.8, 4) is 5.75 Å². The van der Waals surface area contributed by atoms with Crippen molar-refractivity contribution in [3.63, 3.8) is 0 Å². The van der Waals surface area contributed by atoms with E-state index in [2.05, 4.69) is 10.6 Å². The van der Waals surface area contributed by atoms with E-state index in [4.69, 9.17) is 33.3 Å². The van der Waals surface area contributed by atoms with Crippen molar-refractivity contribution in [2.45, 2.75) is 6.54 Å². The van der Waals surface area contributed by atoms with Crippen molar-refractivity contribution in [1.82, 2.24) is 5.32 Å². The number of anilines is 1. The Morgan fingerprint density at radius 2 is 2.00 bits per heavy atom. The highest BCUT2D eigenvalue weighted by Gasteiger charge is 2.10. The van der Waals surface area contributed by atoms with Crippen LogP contribution in [0.5, 0.6) is 5.75 Å².